The van der Waals surface area contributed by atoms with E-state index in [1.54, 1.807) is 6.92 Å². The Bertz CT molecular complexity index is 1540. The molecule has 5 rings (SSSR count). The summed E-state index contributed by atoms with van der Waals surface area (Å²) >= 11 is 3.77. The third-order valence-corrected chi connectivity index (χ3v) is 8.82. The molecule has 5 N–H and O–H groups in total. The first-order valence-corrected chi connectivity index (χ1v) is 14.7. The molecule has 1 fully saturated rings. The minimum Gasteiger partial charge on any atom is -0.477 e. The summed E-state index contributed by atoms with van der Waals surface area (Å²) < 4.78 is 7.92. The lowest BCUT2D eigenvalue weighted by atomic mass is 10.0. The molecule has 0 aromatic carbocycles. The summed E-state index contributed by atoms with van der Waals surface area (Å²) in [5.41, 5.74) is 5.85. The minimum atomic E-state index is -1.23. The monoisotopic (exact) mass is 606 g/mol. The van der Waals surface area contributed by atoms with Crippen LogP contribution in [0.15, 0.2) is 34.2 Å². The van der Waals surface area contributed by atoms with Crippen molar-refractivity contribution in [2.75, 3.05) is 24.6 Å². The van der Waals surface area contributed by atoms with Crippen molar-refractivity contribution in [2.24, 2.45) is 5.16 Å². The lowest BCUT2D eigenvalue weighted by Gasteiger charge is -2.49. The van der Waals surface area contributed by atoms with Crippen LogP contribution in [-0.2, 0) is 37.0 Å². The van der Waals surface area contributed by atoms with Gasteiger partial charge in [0.25, 0.3) is 17.6 Å². The molecule has 3 amide bonds. The summed E-state index contributed by atoms with van der Waals surface area (Å²) in [4.78, 5) is 60.5. The highest BCUT2D eigenvalue weighted by atomic mass is 32.2. The van der Waals surface area contributed by atoms with Crippen LogP contribution >= 0.6 is 34.6 Å². The summed E-state index contributed by atoms with van der Waals surface area (Å²) in [7, 11) is 0. The number of carboxylic acid groups (broad SMARTS) is 1. The number of aromatic nitrogens is 4. The molecule has 18 heteroatoms. The van der Waals surface area contributed by atoms with Crippen LogP contribution in [0.4, 0.5) is 5.13 Å². The first-order valence-electron chi connectivity index (χ1n) is 12.0. The number of hydrogen-bond acceptors (Lipinski definition) is 12. The average Bonchev–Trinajstić information content (AvgIpc) is 3.65. The molecule has 0 unspecified atom stereocenters. The van der Waals surface area contributed by atoms with Gasteiger partial charge in [-0.15, -0.1) is 11.8 Å². The van der Waals surface area contributed by atoms with Crippen LogP contribution in [0.3, 0.4) is 0 Å². The molecule has 5 heterocycles. The number of β-lactam (4-membered cyclic amide) rings is 1. The van der Waals surface area contributed by atoms with Gasteiger partial charge in [0.15, 0.2) is 5.13 Å². The molecule has 2 aliphatic rings. The number of carboxylic acids is 1. The third-order valence-electron chi connectivity index (χ3n) is 6.14. The molecule has 3 aromatic heterocycles. The van der Waals surface area contributed by atoms with Gasteiger partial charge in [-0.3, -0.25) is 19.3 Å². The van der Waals surface area contributed by atoms with E-state index >= 15 is 0 Å². The maximum Gasteiger partial charge on any atom is 0.352 e. The number of fused-ring (bicyclic) bond motifs is 2. The van der Waals surface area contributed by atoms with Crippen LogP contribution in [0.5, 0.6) is 0 Å². The van der Waals surface area contributed by atoms with Crippen molar-refractivity contribution in [3.8, 4) is 0 Å². The number of nitrogens with two attached hydrogens (primary N) is 1. The molecule has 210 valence electrons. The van der Waals surface area contributed by atoms with Gasteiger partial charge < -0.3 is 26.3 Å². The summed E-state index contributed by atoms with van der Waals surface area (Å²) in [5, 5.41) is 20.6. The standard InChI is InChI=1S/C22H23N9O6S3/c1-2-37-27-14(17-26-22(23)40-28-17)18(33)25-15-19(34)31-16(21(35)36)11(9-39-20(15)31)7-29-8-13-30(5-6-38-13)12(29)3-4-24-10-32/h5-6,8,10,15,20H,2-4,7,9H2,1H3,(H4-,23,24,25,26,28,32,33,35,36)/p+1/b27-14-/t15-,20-/m1/s1. The van der Waals surface area contributed by atoms with Gasteiger partial charge in [-0.05, 0) is 6.92 Å². The van der Waals surface area contributed by atoms with Gasteiger partial charge in [0.2, 0.25) is 22.8 Å². The fourth-order valence-electron chi connectivity index (χ4n) is 4.45. The quantitative estimate of drug-likeness (QED) is 0.0505. The normalized spacial score (nSPS) is 18.9. The van der Waals surface area contributed by atoms with Crippen molar-refractivity contribution >= 4 is 74.5 Å². The molecule has 2 aliphatic heterocycles. The van der Waals surface area contributed by atoms with E-state index in [1.165, 1.54) is 28.0 Å². The van der Waals surface area contributed by atoms with E-state index in [-0.39, 0.29) is 35.5 Å². The Balaban J connectivity index is 1.37. The summed E-state index contributed by atoms with van der Waals surface area (Å²) in [6.07, 6.45) is 4.99. The number of thiazole rings is 1. The number of imidazole rings is 1. The molecule has 0 radical (unpaired) electrons. The number of rotatable bonds is 12. The van der Waals surface area contributed by atoms with Crippen molar-refractivity contribution in [2.45, 2.75) is 31.3 Å². The number of nitrogens with one attached hydrogen (secondary N) is 2. The predicted molar refractivity (Wildman–Crippen MR) is 145 cm³/mol. The summed E-state index contributed by atoms with van der Waals surface area (Å²) in [5.74, 6) is -1.35. The van der Waals surface area contributed by atoms with Gasteiger partial charge in [0, 0.05) is 34.8 Å². The Morgan fingerprint density at radius 1 is 1.43 bits per heavy atom. The molecule has 0 bridgehead atoms. The van der Waals surface area contributed by atoms with Crippen LogP contribution in [0.1, 0.15) is 18.6 Å². The number of oxime groups is 1. The second-order valence-electron chi connectivity index (χ2n) is 8.54. The van der Waals surface area contributed by atoms with Crippen molar-refractivity contribution in [1.29, 1.82) is 0 Å². The second-order valence-corrected chi connectivity index (χ2v) is 11.4. The van der Waals surface area contributed by atoms with Gasteiger partial charge in [-0.1, -0.05) is 16.5 Å². The topological polar surface area (TPSA) is 197 Å². The smallest absolute Gasteiger partial charge is 0.352 e. The molecule has 0 spiro atoms. The van der Waals surface area contributed by atoms with Gasteiger partial charge in [-0.25, -0.2) is 9.36 Å². The first kappa shape index (κ1) is 27.5. The molecule has 1 saturated heterocycles. The first-order chi connectivity index (χ1) is 19.3. The van der Waals surface area contributed by atoms with Crippen molar-refractivity contribution < 1.29 is 33.7 Å². The summed E-state index contributed by atoms with van der Waals surface area (Å²) in [6, 6.07) is -0.978. The molecule has 2 atom stereocenters. The van der Waals surface area contributed by atoms with Crippen LogP contribution in [0.2, 0.25) is 0 Å². The van der Waals surface area contributed by atoms with Crippen molar-refractivity contribution in [3.05, 3.63) is 40.7 Å². The maximum absolute atomic E-state index is 13.2. The highest BCUT2D eigenvalue weighted by Gasteiger charge is 2.54. The Morgan fingerprint density at radius 3 is 2.95 bits per heavy atom. The lowest BCUT2D eigenvalue weighted by Crippen LogP contribution is -2.71. The largest absolute Gasteiger partial charge is 0.477 e. The van der Waals surface area contributed by atoms with E-state index in [0.29, 0.717) is 30.7 Å². The minimum absolute atomic E-state index is 0.0366. The molecule has 3 aromatic rings. The SMILES string of the molecule is CCO/N=C(\C(=O)N[C@@H]1C(=O)N2C(C(=O)O)=C(C[n+]3cc4sccn4c3CCNC=O)CS[C@H]12)c1nsc(N)n1. The fraction of sp³-hybridized carbons (Fsp3) is 0.364. The molecule has 0 aliphatic carbocycles. The Labute approximate surface area is 238 Å². The average molecular weight is 607 g/mol. The Kier molecular flexibility index (Phi) is 7.99. The van der Waals surface area contributed by atoms with Crippen LogP contribution < -0.4 is 20.9 Å². The van der Waals surface area contributed by atoms with Crippen LogP contribution in [0, 0.1) is 0 Å². The third kappa shape index (κ3) is 5.11. The number of aliphatic carboxylic acids is 1. The zero-order valence-electron chi connectivity index (χ0n) is 21.0. The molecule has 0 saturated carbocycles. The number of hydrogen-bond donors (Lipinski definition) is 4. The Morgan fingerprint density at radius 2 is 2.25 bits per heavy atom. The number of carbonyl (C=O) groups is 4. The van der Waals surface area contributed by atoms with Crippen molar-refractivity contribution in [3.63, 3.8) is 0 Å². The lowest BCUT2D eigenvalue weighted by molar-refractivity contribution is -0.694. The van der Waals surface area contributed by atoms with Gasteiger partial charge in [0.1, 0.15) is 42.7 Å². The van der Waals surface area contributed by atoms with Crippen molar-refractivity contribution in [1.82, 2.24) is 29.3 Å². The van der Waals surface area contributed by atoms with E-state index in [2.05, 4.69) is 25.1 Å². The van der Waals surface area contributed by atoms with E-state index in [1.807, 2.05) is 26.7 Å². The van der Waals surface area contributed by atoms with Crippen LogP contribution in [0.25, 0.3) is 4.83 Å². The van der Waals surface area contributed by atoms with Gasteiger partial charge >= 0.3 is 5.97 Å². The van der Waals surface area contributed by atoms with E-state index in [0.717, 1.165) is 22.2 Å². The number of nitrogens with zero attached hydrogens (tertiary/aromatic N) is 6. The zero-order chi connectivity index (χ0) is 28.4. The highest BCUT2D eigenvalue weighted by Crippen LogP contribution is 2.40. The summed E-state index contributed by atoms with van der Waals surface area (Å²) in [6.45, 7) is 2.53. The van der Waals surface area contributed by atoms with E-state index < -0.39 is 29.2 Å². The number of amides is 3. The Hall–Kier alpha value is -4.03. The second kappa shape index (κ2) is 11.6. The number of thioether (sulfide) groups is 1. The fourth-order valence-corrected chi connectivity index (χ4v) is 7.01. The predicted octanol–water partition coefficient (Wildman–Crippen LogP) is -0.810. The van der Waals surface area contributed by atoms with Gasteiger partial charge in [-0.2, -0.15) is 13.8 Å². The number of carbonyl (C=O) groups excluding carboxylic acids is 3. The number of nitrogen functional groups attached to an aromatic ring is 1. The molecular formula is C22H24N9O6S3+. The molecule has 15 nitrogen and oxygen atoms in total. The molecular weight excluding hydrogens is 583 g/mol. The van der Waals surface area contributed by atoms with Crippen LogP contribution in [-0.4, -0.2) is 84.0 Å². The van der Waals surface area contributed by atoms with Gasteiger partial charge in [0.05, 0.1) is 6.42 Å². The zero-order valence-corrected chi connectivity index (χ0v) is 23.4. The van der Waals surface area contributed by atoms with E-state index in [4.69, 9.17) is 10.6 Å². The van der Waals surface area contributed by atoms with E-state index in [9.17, 15) is 24.3 Å². The number of anilines is 1. The highest BCUT2D eigenvalue weighted by molar-refractivity contribution is 8.00. The molecule has 40 heavy (non-hydrogen) atoms. The maximum atomic E-state index is 13.2.